The molecule has 0 saturated carbocycles. The van der Waals surface area contributed by atoms with Crippen molar-refractivity contribution in [1.82, 2.24) is 8.01 Å². The summed E-state index contributed by atoms with van der Waals surface area (Å²) in [7, 11) is 0. The molecule has 3 heteroatoms. The first-order valence-electron chi connectivity index (χ1n) is 6.37. The Labute approximate surface area is 118 Å². The first kappa shape index (κ1) is 13.3. The lowest BCUT2D eigenvalue weighted by atomic mass is 10.2. The number of benzene rings is 1. The fraction of sp³-hybridized carbons (Fsp3) is 0.571. The van der Waals surface area contributed by atoms with Crippen molar-refractivity contribution in [3.8, 4) is 0 Å². The van der Waals surface area contributed by atoms with Gasteiger partial charge in [0.2, 0.25) is 0 Å². The van der Waals surface area contributed by atoms with E-state index in [1.165, 1.54) is 25.1 Å². The SMILES string of the molecule is CC(C)N1CCC(N(I)Cc2ccccc2)C1. The number of hydrogen-bond donors (Lipinski definition) is 0. The van der Waals surface area contributed by atoms with Gasteiger partial charge in [-0.05, 0) is 25.8 Å². The Hall–Kier alpha value is -0.130. The van der Waals surface area contributed by atoms with Crippen molar-refractivity contribution >= 4 is 22.9 Å². The number of nitrogens with zero attached hydrogens (tertiary/aromatic N) is 2. The van der Waals surface area contributed by atoms with Crippen molar-refractivity contribution in [2.24, 2.45) is 0 Å². The molecule has 2 rings (SSSR count). The predicted octanol–water partition coefficient (Wildman–Crippen LogP) is 3.32. The molecular weight excluding hydrogens is 323 g/mol. The fourth-order valence-corrected chi connectivity index (χ4v) is 3.20. The van der Waals surface area contributed by atoms with Crippen LogP contribution < -0.4 is 0 Å². The Kier molecular flexibility index (Phi) is 4.82. The van der Waals surface area contributed by atoms with Gasteiger partial charge in [-0.3, -0.25) is 4.90 Å². The van der Waals surface area contributed by atoms with Crippen LogP contribution in [0.1, 0.15) is 25.8 Å². The second-order valence-corrected chi connectivity index (χ2v) is 6.31. The van der Waals surface area contributed by atoms with Crippen molar-refractivity contribution in [3.05, 3.63) is 35.9 Å². The van der Waals surface area contributed by atoms with E-state index in [-0.39, 0.29) is 0 Å². The normalized spacial score (nSPS) is 21.6. The second-order valence-electron chi connectivity index (χ2n) is 5.07. The number of likely N-dealkylation sites (tertiary alicyclic amines) is 1. The second kappa shape index (κ2) is 6.16. The minimum Gasteiger partial charge on any atom is -0.299 e. The lowest BCUT2D eigenvalue weighted by Gasteiger charge is -2.24. The molecule has 0 radical (unpaired) electrons. The third-order valence-electron chi connectivity index (χ3n) is 3.50. The number of halogens is 1. The van der Waals surface area contributed by atoms with E-state index >= 15 is 0 Å². The summed E-state index contributed by atoms with van der Waals surface area (Å²) in [4.78, 5) is 2.57. The first-order chi connectivity index (χ1) is 8.16. The summed E-state index contributed by atoms with van der Waals surface area (Å²) in [6, 6.07) is 12.1. The molecule has 1 aliphatic heterocycles. The maximum atomic E-state index is 2.57. The quantitative estimate of drug-likeness (QED) is 0.611. The van der Waals surface area contributed by atoms with Gasteiger partial charge in [0, 0.05) is 54.6 Å². The summed E-state index contributed by atoms with van der Waals surface area (Å²) >= 11 is 2.49. The number of hydrogen-bond acceptors (Lipinski definition) is 2. The van der Waals surface area contributed by atoms with E-state index in [1.807, 2.05) is 0 Å². The van der Waals surface area contributed by atoms with Gasteiger partial charge in [0.25, 0.3) is 0 Å². The van der Waals surface area contributed by atoms with E-state index in [4.69, 9.17) is 0 Å². The van der Waals surface area contributed by atoms with E-state index in [2.05, 4.69) is 75.1 Å². The van der Waals surface area contributed by atoms with Gasteiger partial charge in [-0.25, -0.2) is 3.11 Å². The molecule has 1 heterocycles. The van der Waals surface area contributed by atoms with Gasteiger partial charge in [-0.1, -0.05) is 30.3 Å². The Bertz CT molecular complexity index is 339. The molecule has 1 aromatic rings. The summed E-state index contributed by atoms with van der Waals surface area (Å²) in [6.45, 7) is 8.09. The molecule has 0 aromatic heterocycles. The molecule has 0 amide bonds. The highest BCUT2D eigenvalue weighted by atomic mass is 127. The highest BCUT2D eigenvalue weighted by molar-refractivity contribution is 14.1. The van der Waals surface area contributed by atoms with Crippen molar-refractivity contribution in [2.75, 3.05) is 13.1 Å². The zero-order valence-corrected chi connectivity index (χ0v) is 12.8. The molecule has 1 fully saturated rings. The predicted molar refractivity (Wildman–Crippen MR) is 81.1 cm³/mol. The summed E-state index contributed by atoms with van der Waals surface area (Å²) in [6.07, 6.45) is 1.30. The average Bonchev–Trinajstić information content (AvgIpc) is 2.79. The van der Waals surface area contributed by atoms with Crippen LogP contribution in [0.3, 0.4) is 0 Å². The van der Waals surface area contributed by atoms with E-state index in [9.17, 15) is 0 Å². The van der Waals surface area contributed by atoms with Crippen molar-refractivity contribution in [2.45, 2.75) is 38.9 Å². The van der Waals surface area contributed by atoms with Gasteiger partial charge < -0.3 is 0 Å². The molecule has 0 N–H and O–H groups in total. The summed E-state index contributed by atoms with van der Waals surface area (Å²) in [5.74, 6) is 0. The molecule has 94 valence electrons. The van der Waals surface area contributed by atoms with Crippen LogP contribution in [0.15, 0.2) is 30.3 Å². The third kappa shape index (κ3) is 3.66. The average molecular weight is 344 g/mol. The summed E-state index contributed by atoms with van der Waals surface area (Å²) in [5, 5.41) is 0. The molecule has 2 nitrogen and oxygen atoms in total. The maximum Gasteiger partial charge on any atom is 0.0337 e. The molecule has 1 aromatic carbocycles. The van der Waals surface area contributed by atoms with E-state index < -0.39 is 0 Å². The molecule has 1 atom stereocenters. The maximum absolute atomic E-state index is 2.57. The van der Waals surface area contributed by atoms with E-state index in [1.54, 1.807) is 0 Å². The zero-order chi connectivity index (χ0) is 12.3. The Morgan fingerprint density at radius 2 is 2.06 bits per heavy atom. The molecular formula is C14H21IN2. The largest absolute Gasteiger partial charge is 0.299 e. The van der Waals surface area contributed by atoms with Crippen LogP contribution >= 0.6 is 22.9 Å². The Morgan fingerprint density at radius 1 is 1.35 bits per heavy atom. The van der Waals surface area contributed by atoms with Crippen molar-refractivity contribution < 1.29 is 0 Å². The molecule has 0 spiro atoms. The first-order valence-corrected chi connectivity index (χ1v) is 7.33. The Morgan fingerprint density at radius 3 is 2.65 bits per heavy atom. The van der Waals surface area contributed by atoms with Crippen LogP contribution in [0.25, 0.3) is 0 Å². The van der Waals surface area contributed by atoms with Gasteiger partial charge in [0.15, 0.2) is 0 Å². The van der Waals surface area contributed by atoms with Crippen molar-refractivity contribution in [3.63, 3.8) is 0 Å². The number of rotatable bonds is 4. The standard InChI is InChI=1S/C14H21IN2/c1-12(2)16-9-8-14(11-16)17(15)10-13-6-4-3-5-7-13/h3-7,12,14H,8-11H2,1-2H3. The van der Waals surface area contributed by atoms with Crippen LogP contribution in [-0.2, 0) is 6.54 Å². The molecule has 1 aliphatic rings. The molecule has 0 aliphatic carbocycles. The van der Waals surface area contributed by atoms with Gasteiger partial charge in [0.05, 0.1) is 0 Å². The van der Waals surface area contributed by atoms with Crippen molar-refractivity contribution in [1.29, 1.82) is 0 Å². The topological polar surface area (TPSA) is 6.48 Å². The molecule has 1 unspecified atom stereocenters. The molecule has 17 heavy (non-hydrogen) atoms. The van der Waals surface area contributed by atoms with Gasteiger partial charge in [-0.15, -0.1) is 0 Å². The highest BCUT2D eigenvalue weighted by Gasteiger charge is 2.27. The van der Waals surface area contributed by atoms with Crippen LogP contribution in [0.2, 0.25) is 0 Å². The van der Waals surface area contributed by atoms with Gasteiger partial charge in [-0.2, -0.15) is 0 Å². The van der Waals surface area contributed by atoms with Crippen LogP contribution in [0.4, 0.5) is 0 Å². The highest BCUT2D eigenvalue weighted by Crippen LogP contribution is 2.22. The lowest BCUT2D eigenvalue weighted by Crippen LogP contribution is -2.33. The zero-order valence-electron chi connectivity index (χ0n) is 10.6. The van der Waals surface area contributed by atoms with Crippen LogP contribution in [0.5, 0.6) is 0 Å². The van der Waals surface area contributed by atoms with Gasteiger partial charge >= 0.3 is 0 Å². The fourth-order valence-electron chi connectivity index (χ4n) is 2.35. The minimum atomic E-state index is 0.682. The van der Waals surface area contributed by atoms with Crippen LogP contribution in [0, 0.1) is 0 Å². The minimum absolute atomic E-state index is 0.682. The third-order valence-corrected chi connectivity index (χ3v) is 4.63. The smallest absolute Gasteiger partial charge is 0.0337 e. The Balaban J connectivity index is 1.87. The summed E-state index contributed by atoms with van der Waals surface area (Å²) in [5.41, 5.74) is 1.41. The van der Waals surface area contributed by atoms with Gasteiger partial charge in [0.1, 0.15) is 0 Å². The molecule has 1 saturated heterocycles. The van der Waals surface area contributed by atoms with E-state index in [0.29, 0.717) is 12.1 Å². The summed E-state index contributed by atoms with van der Waals surface area (Å²) < 4.78 is 2.47. The van der Waals surface area contributed by atoms with Crippen LogP contribution in [-0.4, -0.2) is 33.2 Å². The monoisotopic (exact) mass is 344 g/mol. The van der Waals surface area contributed by atoms with E-state index in [0.717, 1.165) is 6.54 Å². The lowest BCUT2D eigenvalue weighted by molar-refractivity contribution is 0.256. The molecule has 0 bridgehead atoms.